The number of aromatic nitrogens is 1. The van der Waals surface area contributed by atoms with Crippen LogP contribution in [0.25, 0.3) is 0 Å². The largest absolute Gasteiger partial charge is 0.348 e. The molecule has 1 amide bonds. The predicted molar refractivity (Wildman–Crippen MR) is 72.6 cm³/mol. The van der Waals surface area contributed by atoms with Crippen LogP contribution in [0.15, 0.2) is 5.38 Å². The van der Waals surface area contributed by atoms with Gasteiger partial charge in [0.15, 0.2) is 0 Å². The van der Waals surface area contributed by atoms with Crippen LogP contribution < -0.4 is 11.1 Å². The Balaban J connectivity index is 1.91. The second-order valence-corrected chi connectivity index (χ2v) is 5.80. The third-order valence-corrected chi connectivity index (χ3v) is 4.37. The number of nitrogens with one attached hydrogen (secondary N) is 1. The van der Waals surface area contributed by atoms with Gasteiger partial charge in [0.1, 0.15) is 10.7 Å². The van der Waals surface area contributed by atoms with Crippen molar-refractivity contribution in [3.63, 3.8) is 0 Å². The normalized spacial score (nSPS) is 25.1. The van der Waals surface area contributed by atoms with Crippen LogP contribution in [0, 0.1) is 0 Å². The molecule has 1 aromatic rings. The Bertz CT molecular complexity index is 420. The molecule has 0 aromatic carbocycles. The molecule has 1 saturated heterocycles. The number of amides is 1. The van der Waals surface area contributed by atoms with Gasteiger partial charge in [-0.15, -0.1) is 11.3 Å². The van der Waals surface area contributed by atoms with Crippen molar-refractivity contribution in [1.82, 2.24) is 15.2 Å². The van der Waals surface area contributed by atoms with Crippen LogP contribution in [-0.2, 0) is 6.54 Å². The Morgan fingerprint density at radius 2 is 2.50 bits per heavy atom. The molecule has 2 heterocycles. The highest BCUT2D eigenvalue weighted by Crippen LogP contribution is 2.16. The Labute approximate surface area is 111 Å². The second-order valence-electron chi connectivity index (χ2n) is 4.86. The van der Waals surface area contributed by atoms with Gasteiger partial charge in [0.2, 0.25) is 0 Å². The van der Waals surface area contributed by atoms with E-state index in [0.717, 1.165) is 24.4 Å². The highest BCUT2D eigenvalue weighted by molar-refractivity contribution is 7.09. The zero-order chi connectivity index (χ0) is 13.1. The van der Waals surface area contributed by atoms with Crippen molar-refractivity contribution >= 4 is 17.2 Å². The van der Waals surface area contributed by atoms with E-state index in [4.69, 9.17) is 5.73 Å². The Kier molecular flexibility index (Phi) is 4.31. The van der Waals surface area contributed by atoms with Crippen LogP contribution in [0.2, 0.25) is 0 Å². The summed E-state index contributed by atoms with van der Waals surface area (Å²) < 4.78 is 0. The number of rotatable bonds is 3. The Hall–Kier alpha value is -0.980. The second kappa shape index (κ2) is 5.77. The summed E-state index contributed by atoms with van der Waals surface area (Å²) in [5.74, 6) is -0.0762. The van der Waals surface area contributed by atoms with E-state index in [9.17, 15) is 4.79 Å². The number of thiazole rings is 1. The van der Waals surface area contributed by atoms with Crippen LogP contribution in [-0.4, -0.2) is 41.5 Å². The van der Waals surface area contributed by atoms with Gasteiger partial charge in [0.05, 0.1) is 0 Å². The molecule has 0 aliphatic carbocycles. The third-order valence-electron chi connectivity index (χ3n) is 3.50. The minimum atomic E-state index is -0.0762. The van der Waals surface area contributed by atoms with Gasteiger partial charge in [0, 0.05) is 30.6 Å². The topological polar surface area (TPSA) is 71.2 Å². The highest BCUT2D eigenvalue weighted by atomic mass is 32.1. The molecule has 1 aromatic heterocycles. The number of piperidine rings is 1. The maximum absolute atomic E-state index is 12.0. The van der Waals surface area contributed by atoms with Crippen molar-refractivity contribution in [2.75, 3.05) is 13.6 Å². The van der Waals surface area contributed by atoms with Crippen molar-refractivity contribution in [3.05, 3.63) is 16.1 Å². The Morgan fingerprint density at radius 1 is 1.72 bits per heavy atom. The summed E-state index contributed by atoms with van der Waals surface area (Å²) in [6.07, 6.45) is 2.00. The smallest absolute Gasteiger partial charge is 0.270 e. The van der Waals surface area contributed by atoms with Gasteiger partial charge in [-0.25, -0.2) is 4.98 Å². The van der Waals surface area contributed by atoms with Crippen LogP contribution in [0.5, 0.6) is 0 Å². The molecule has 0 radical (unpaired) electrons. The van der Waals surface area contributed by atoms with Gasteiger partial charge in [-0.3, -0.25) is 4.79 Å². The quantitative estimate of drug-likeness (QED) is 0.851. The highest BCUT2D eigenvalue weighted by Gasteiger charge is 2.24. The van der Waals surface area contributed by atoms with Crippen LogP contribution in [0.4, 0.5) is 0 Å². The van der Waals surface area contributed by atoms with Gasteiger partial charge >= 0.3 is 0 Å². The van der Waals surface area contributed by atoms with E-state index in [2.05, 4.69) is 29.2 Å². The molecule has 2 rings (SSSR count). The van der Waals surface area contributed by atoms with Crippen molar-refractivity contribution in [3.8, 4) is 0 Å². The summed E-state index contributed by atoms with van der Waals surface area (Å²) in [7, 11) is 2.12. The van der Waals surface area contributed by atoms with Crippen LogP contribution in [0.3, 0.4) is 0 Å². The van der Waals surface area contributed by atoms with Gasteiger partial charge < -0.3 is 16.0 Å². The van der Waals surface area contributed by atoms with Crippen molar-refractivity contribution in [2.24, 2.45) is 5.73 Å². The molecular weight excluding hydrogens is 248 g/mol. The molecule has 2 atom stereocenters. The number of carbonyl (C=O) groups is 1. The summed E-state index contributed by atoms with van der Waals surface area (Å²) in [6, 6.07) is 0.769. The van der Waals surface area contributed by atoms with Gasteiger partial charge in [-0.05, 0) is 26.8 Å². The number of likely N-dealkylation sites (tertiary alicyclic amines) is 1. The molecular formula is C12H20N4OS. The monoisotopic (exact) mass is 268 g/mol. The van der Waals surface area contributed by atoms with E-state index in [1.54, 1.807) is 5.38 Å². The van der Waals surface area contributed by atoms with E-state index >= 15 is 0 Å². The van der Waals surface area contributed by atoms with Crippen LogP contribution in [0.1, 0.15) is 35.3 Å². The molecule has 0 saturated carbocycles. The zero-order valence-corrected chi connectivity index (χ0v) is 11.7. The maximum atomic E-state index is 12.0. The lowest BCUT2D eigenvalue weighted by molar-refractivity contribution is 0.0892. The lowest BCUT2D eigenvalue weighted by Crippen LogP contribution is -2.47. The van der Waals surface area contributed by atoms with E-state index in [1.165, 1.54) is 11.3 Å². The fraction of sp³-hybridized carbons (Fsp3) is 0.667. The molecule has 18 heavy (non-hydrogen) atoms. The summed E-state index contributed by atoms with van der Waals surface area (Å²) in [5, 5.41) is 5.64. The average Bonchev–Trinajstić information content (AvgIpc) is 2.82. The first kappa shape index (κ1) is 13.5. The average molecular weight is 268 g/mol. The van der Waals surface area contributed by atoms with E-state index < -0.39 is 0 Å². The first-order valence-electron chi connectivity index (χ1n) is 6.25. The third kappa shape index (κ3) is 3.07. The SMILES string of the molecule is CC1CC(NC(=O)c2csc(CN)n2)CCN1C. The Morgan fingerprint density at radius 3 is 3.11 bits per heavy atom. The van der Waals surface area contributed by atoms with E-state index in [-0.39, 0.29) is 11.9 Å². The first-order chi connectivity index (χ1) is 8.60. The van der Waals surface area contributed by atoms with Crippen LogP contribution >= 0.6 is 11.3 Å². The van der Waals surface area contributed by atoms with E-state index in [1.807, 2.05) is 0 Å². The summed E-state index contributed by atoms with van der Waals surface area (Å²) >= 11 is 1.44. The molecule has 2 unspecified atom stereocenters. The minimum absolute atomic E-state index is 0.0762. The first-order valence-corrected chi connectivity index (χ1v) is 7.13. The molecule has 1 aliphatic rings. The number of nitrogens with two attached hydrogens (primary N) is 1. The number of hydrogen-bond acceptors (Lipinski definition) is 5. The molecule has 1 aliphatic heterocycles. The number of carbonyl (C=O) groups excluding carboxylic acids is 1. The lowest BCUT2D eigenvalue weighted by atomic mass is 9.99. The molecule has 3 N–H and O–H groups in total. The number of hydrogen-bond donors (Lipinski definition) is 2. The molecule has 100 valence electrons. The summed E-state index contributed by atoms with van der Waals surface area (Å²) in [5.41, 5.74) is 5.98. The molecule has 5 nitrogen and oxygen atoms in total. The molecule has 0 bridgehead atoms. The summed E-state index contributed by atoms with van der Waals surface area (Å²) in [6.45, 7) is 3.61. The maximum Gasteiger partial charge on any atom is 0.270 e. The van der Waals surface area contributed by atoms with Gasteiger partial charge in [0.25, 0.3) is 5.91 Å². The van der Waals surface area contributed by atoms with E-state index in [0.29, 0.717) is 18.3 Å². The fourth-order valence-electron chi connectivity index (χ4n) is 2.19. The lowest BCUT2D eigenvalue weighted by Gasteiger charge is -2.35. The standard InChI is InChI=1S/C12H20N4OS/c1-8-5-9(3-4-16(8)2)14-12(17)10-7-18-11(6-13)15-10/h7-9H,3-6,13H2,1-2H3,(H,14,17). The molecule has 0 spiro atoms. The van der Waals surface area contributed by atoms with Gasteiger partial charge in [-0.1, -0.05) is 0 Å². The molecule has 6 heteroatoms. The minimum Gasteiger partial charge on any atom is -0.348 e. The number of nitrogens with zero attached hydrogens (tertiary/aromatic N) is 2. The van der Waals surface area contributed by atoms with Crippen molar-refractivity contribution < 1.29 is 4.79 Å². The zero-order valence-electron chi connectivity index (χ0n) is 10.8. The predicted octanol–water partition coefficient (Wildman–Crippen LogP) is 0.814. The fourth-order valence-corrected chi connectivity index (χ4v) is 2.84. The van der Waals surface area contributed by atoms with Crippen molar-refractivity contribution in [2.45, 2.75) is 38.4 Å². The summed E-state index contributed by atoms with van der Waals surface area (Å²) in [4.78, 5) is 18.5. The van der Waals surface area contributed by atoms with Crippen molar-refractivity contribution in [1.29, 1.82) is 0 Å². The van der Waals surface area contributed by atoms with Gasteiger partial charge in [-0.2, -0.15) is 0 Å². The molecule has 1 fully saturated rings.